The fourth-order valence-corrected chi connectivity index (χ4v) is 2.22. The van der Waals surface area contributed by atoms with E-state index in [2.05, 4.69) is 42.4 Å². The highest BCUT2D eigenvalue weighted by molar-refractivity contribution is 5.64. The van der Waals surface area contributed by atoms with E-state index in [-0.39, 0.29) is 0 Å². The molecule has 92 valence electrons. The van der Waals surface area contributed by atoms with Crippen LogP contribution in [-0.2, 0) is 0 Å². The van der Waals surface area contributed by atoms with Gasteiger partial charge in [-0.2, -0.15) is 0 Å². The summed E-state index contributed by atoms with van der Waals surface area (Å²) in [5.74, 6) is 1.60. The van der Waals surface area contributed by atoms with E-state index >= 15 is 0 Å². The van der Waals surface area contributed by atoms with Crippen LogP contribution in [0, 0.1) is 5.92 Å². The number of nitrogens with zero attached hydrogens (tertiary/aromatic N) is 2. The molecule has 0 spiro atoms. The zero-order valence-electron chi connectivity index (χ0n) is 10.9. The van der Waals surface area contributed by atoms with E-state index in [1.807, 2.05) is 6.20 Å². The molecule has 1 aliphatic rings. The molecule has 0 aliphatic carbocycles. The number of hydrogen-bond donors (Lipinski definition) is 0. The maximum absolute atomic E-state index is 4.57. The van der Waals surface area contributed by atoms with Crippen molar-refractivity contribution >= 4 is 11.4 Å². The van der Waals surface area contributed by atoms with Crippen LogP contribution in [0.15, 0.2) is 24.9 Å². The van der Waals surface area contributed by atoms with Gasteiger partial charge in [-0.3, -0.25) is 0 Å². The molecule has 2 heteroatoms. The van der Waals surface area contributed by atoms with Crippen LogP contribution in [-0.4, -0.2) is 18.1 Å². The largest absolute Gasteiger partial charge is 0.357 e. The Bertz CT molecular complexity index is 372. The zero-order valence-corrected chi connectivity index (χ0v) is 10.9. The fourth-order valence-electron chi connectivity index (χ4n) is 2.22. The molecular weight excluding hydrogens is 208 g/mol. The van der Waals surface area contributed by atoms with Crippen molar-refractivity contribution in [2.75, 3.05) is 18.0 Å². The lowest BCUT2D eigenvalue weighted by atomic mass is 9.99. The fraction of sp³-hybridized carbons (Fsp3) is 0.533. The molecule has 0 N–H and O–H groups in total. The Kier molecular flexibility index (Phi) is 3.82. The Hall–Kier alpha value is -1.31. The molecule has 1 aromatic rings. The lowest BCUT2D eigenvalue weighted by Gasteiger charge is -2.27. The van der Waals surface area contributed by atoms with E-state index in [0.29, 0.717) is 5.92 Å². The molecule has 0 bridgehead atoms. The van der Waals surface area contributed by atoms with Crippen molar-refractivity contribution in [1.29, 1.82) is 0 Å². The Balaban J connectivity index is 2.09. The molecule has 2 heterocycles. The Morgan fingerprint density at radius 1 is 1.24 bits per heavy atom. The molecule has 0 atom stereocenters. The van der Waals surface area contributed by atoms with E-state index in [0.717, 1.165) is 18.9 Å². The third kappa shape index (κ3) is 2.87. The average Bonchev–Trinajstić information content (AvgIpc) is 2.39. The highest BCUT2D eigenvalue weighted by Gasteiger charge is 2.12. The van der Waals surface area contributed by atoms with Gasteiger partial charge in [-0.05, 0) is 48.4 Å². The molecule has 0 radical (unpaired) electrons. The van der Waals surface area contributed by atoms with Crippen LogP contribution in [0.3, 0.4) is 0 Å². The smallest absolute Gasteiger partial charge is 0.128 e. The molecule has 0 amide bonds. The van der Waals surface area contributed by atoms with Crippen LogP contribution in [0.5, 0.6) is 0 Å². The molecule has 0 saturated carbocycles. The topological polar surface area (TPSA) is 16.1 Å². The third-order valence-electron chi connectivity index (χ3n) is 3.50. The van der Waals surface area contributed by atoms with Gasteiger partial charge in [0.2, 0.25) is 0 Å². The van der Waals surface area contributed by atoms with Crippen LogP contribution < -0.4 is 4.90 Å². The van der Waals surface area contributed by atoms with Gasteiger partial charge in [0.15, 0.2) is 0 Å². The van der Waals surface area contributed by atoms with Gasteiger partial charge < -0.3 is 4.90 Å². The van der Waals surface area contributed by atoms with Crippen LogP contribution in [0.2, 0.25) is 0 Å². The van der Waals surface area contributed by atoms with Gasteiger partial charge in [0, 0.05) is 19.3 Å². The maximum Gasteiger partial charge on any atom is 0.128 e. The number of pyridine rings is 1. The van der Waals surface area contributed by atoms with Crippen molar-refractivity contribution in [3.63, 3.8) is 0 Å². The Morgan fingerprint density at radius 2 is 1.94 bits per heavy atom. The van der Waals surface area contributed by atoms with Gasteiger partial charge in [-0.15, -0.1) is 0 Å². The number of aromatic nitrogens is 1. The molecule has 0 unspecified atom stereocenters. The monoisotopic (exact) mass is 230 g/mol. The minimum Gasteiger partial charge on any atom is -0.357 e. The van der Waals surface area contributed by atoms with E-state index in [1.54, 1.807) is 0 Å². The molecule has 1 fully saturated rings. The first-order valence-corrected chi connectivity index (χ1v) is 6.58. The summed E-state index contributed by atoms with van der Waals surface area (Å²) in [5.41, 5.74) is 2.34. The minimum absolute atomic E-state index is 0.484. The second kappa shape index (κ2) is 5.35. The van der Waals surface area contributed by atoms with Crippen molar-refractivity contribution in [3.8, 4) is 0 Å². The van der Waals surface area contributed by atoms with Crippen molar-refractivity contribution < 1.29 is 0 Å². The van der Waals surface area contributed by atoms with Gasteiger partial charge in [0.25, 0.3) is 0 Å². The first-order valence-electron chi connectivity index (χ1n) is 6.58. The summed E-state index contributed by atoms with van der Waals surface area (Å²) in [4.78, 5) is 6.95. The number of hydrogen-bond acceptors (Lipinski definition) is 2. The van der Waals surface area contributed by atoms with Gasteiger partial charge in [-0.1, -0.05) is 20.4 Å². The minimum atomic E-state index is 0.484. The summed E-state index contributed by atoms with van der Waals surface area (Å²) in [6, 6.07) is 4.29. The Morgan fingerprint density at radius 3 is 2.47 bits per heavy atom. The maximum atomic E-state index is 4.57. The Labute approximate surface area is 104 Å². The van der Waals surface area contributed by atoms with Crippen LogP contribution in [0.1, 0.15) is 38.7 Å². The summed E-state index contributed by atoms with van der Waals surface area (Å²) >= 11 is 0. The SMILES string of the molecule is C=C(c1ccc(N2CCCCC2)nc1)C(C)C. The summed E-state index contributed by atoms with van der Waals surface area (Å²) in [6.45, 7) is 10.7. The molecule has 0 aromatic carbocycles. The summed E-state index contributed by atoms with van der Waals surface area (Å²) < 4.78 is 0. The lowest BCUT2D eigenvalue weighted by Crippen LogP contribution is -2.30. The average molecular weight is 230 g/mol. The molecule has 1 aromatic heterocycles. The zero-order chi connectivity index (χ0) is 12.3. The summed E-state index contributed by atoms with van der Waals surface area (Å²) in [5, 5.41) is 0. The highest BCUT2D eigenvalue weighted by Crippen LogP contribution is 2.23. The lowest BCUT2D eigenvalue weighted by molar-refractivity contribution is 0.573. The first kappa shape index (κ1) is 12.2. The summed E-state index contributed by atoms with van der Waals surface area (Å²) in [7, 11) is 0. The summed E-state index contributed by atoms with van der Waals surface area (Å²) in [6.07, 6.45) is 5.91. The van der Waals surface area contributed by atoms with Crippen molar-refractivity contribution in [2.45, 2.75) is 33.1 Å². The second-order valence-corrected chi connectivity index (χ2v) is 5.13. The van der Waals surface area contributed by atoms with Crippen LogP contribution in [0.25, 0.3) is 5.57 Å². The molecule has 2 rings (SSSR count). The number of rotatable bonds is 3. The number of piperidine rings is 1. The molecule has 2 nitrogen and oxygen atoms in total. The van der Waals surface area contributed by atoms with Gasteiger partial charge in [0.05, 0.1) is 0 Å². The number of anilines is 1. The molecule has 1 aliphatic heterocycles. The molecular formula is C15H22N2. The first-order chi connectivity index (χ1) is 8.18. The van der Waals surface area contributed by atoms with E-state index < -0.39 is 0 Å². The van der Waals surface area contributed by atoms with Crippen LogP contribution in [0.4, 0.5) is 5.82 Å². The van der Waals surface area contributed by atoms with Gasteiger partial charge in [0.1, 0.15) is 5.82 Å². The van der Waals surface area contributed by atoms with Gasteiger partial charge in [-0.25, -0.2) is 4.98 Å². The predicted octanol–water partition coefficient (Wildman–Crippen LogP) is 3.74. The van der Waals surface area contributed by atoms with E-state index in [4.69, 9.17) is 0 Å². The van der Waals surface area contributed by atoms with E-state index in [9.17, 15) is 0 Å². The second-order valence-electron chi connectivity index (χ2n) is 5.13. The highest BCUT2D eigenvalue weighted by atomic mass is 15.2. The molecule has 1 saturated heterocycles. The normalized spacial score (nSPS) is 16.3. The third-order valence-corrected chi connectivity index (χ3v) is 3.50. The van der Waals surface area contributed by atoms with Crippen molar-refractivity contribution in [2.24, 2.45) is 5.92 Å². The quantitative estimate of drug-likeness (QED) is 0.786. The van der Waals surface area contributed by atoms with Crippen molar-refractivity contribution in [1.82, 2.24) is 4.98 Å². The van der Waals surface area contributed by atoms with Gasteiger partial charge >= 0.3 is 0 Å². The number of allylic oxidation sites excluding steroid dienone is 1. The van der Waals surface area contributed by atoms with Crippen molar-refractivity contribution in [3.05, 3.63) is 30.5 Å². The standard InChI is InChI=1S/C15H22N2/c1-12(2)13(3)14-7-8-15(16-11-14)17-9-5-4-6-10-17/h7-8,11-12H,3-6,9-10H2,1-2H3. The predicted molar refractivity (Wildman–Crippen MR) is 74.2 cm³/mol. The van der Waals surface area contributed by atoms with Crippen LogP contribution >= 0.6 is 0 Å². The van der Waals surface area contributed by atoms with E-state index in [1.165, 1.54) is 30.4 Å². The molecule has 17 heavy (non-hydrogen) atoms.